The van der Waals surface area contributed by atoms with Gasteiger partial charge in [-0.2, -0.15) is 0 Å². The summed E-state index contributed by atoms with van der Waals surface area (Å²) in [5.74, 6) is -0.140. The van der Waals surface area contributed by atoms with Gasteiger partial charge in [0.1, 0.15) is 5.75 Å². The van der Waals surface area contributed by atoms with Gasteiger partial charge in [-0.25, -0.2) is 0 Å². The Hall–Kier alpha value is -5.87. The first-order valence-corrected chi connectivity index (χ1v) is 18.5. The molecule has 1 N–H and O–H groups in total. The Morgan fingerprint density at radius 2 is 1.49 bits per heavy atom. The minimum absolute atomic E-state index is 0. The van der Waals surface area contributed by atoms with Crippen molar-refractivity contribution >= 4 is 52.0 Å². The quantitative estimate of drug-likeness (QED) is 0.178. The van der Waals surface area contributed by atoms with E-state index in [1.165, 1.54) is 11.1 Å². The zero-order valence-corrected chi connectivity index (χ0v) is 31.4. The highest BCUT2D eigenvalue weighted by Crippen LogP contribution is 2.36. The minimum Gasteiger partial charge on any atom is -0.508 e. The molecule has 7 aromatic rings. The summed E-state index contributed by atoms with van der Waals surface area (Å²) in [6.45, 7) is 4.42. The van der Waals surface area contributed by atoms with Crippen LogP contribution in [0.3, 0.4) is 0 Å². The molecule has 9 rings (SSSR count). The molecular formula is C45H42ClN5O4. The van der Waals surface area contributed by atoms with E-state index >= 15 is 4.79 Å². The number of rotatable bonds is 7. The third-order valence-corrected chi connectivity index (χ3v) is 11.0. The Labute approximate surface area is 326 Å². The molecule has 0 spiro atoms. The molecule has 2 amide bonds. The summed E-state index contributed by atoms with van der Waals surface area (Å²) < 4.78 is 9.69. The van der Waals surface area contributed by atoms with Gasteiger partial charge in [0, 0.05) is 85.1 Å². The van der Waals surface area contributed by atoms with E-state index < -0.39 is 0 Å². The number of fused-ring (bicyclic) bond motifs is 3. The summed E-state index contributed by atoms with van der Waals surface area (Å²) >= 11 is 0. The number of carbonyl (C=O) groups is 2. The lowest BCUT2D eigenvalue weighted by Crippen LogP contribution is -2.52. The number of aromatic nitrogens is 2. The maximum atomic E-state index is 15.0. The summed E-state index contributed by atoms with van der Waals surface area (Å²) in [6, 6.07) is 38.6. The molecule has 55 heavy (non-hydrogen) atoms. The molecule has 10 heteroatoms. The second-order valence-corrected chi connectivity index (χ2v) is 14.2. The molecular weight excluding hydrogens is 710 g/mol. The number of benzene rings is 4. The van der Waals surface area contributed by atoms with Crippen LogP contribution in [0.1, 0.15) is 31.8 Å². The fourth-order valence-corrected chi connectivity index (χ4v) is 8.16. The zero-order valence-electron chi connectivity index (χ0n) is 30.5. The van der Waals surface area contributed by atoms with Crippen molar-refractivity contribution in [1.29, 1.82) is 0 Å². The topological polar surface area (TPSA) is 82.7 Å². The van der Waals surface area contributed by atoms with Crippen molar-refractivity contribution in [2.45, 2.75) is 19.0 Å². The molecule has 278 valence electrons. The highest BCUT2D eigenvalue weighted by molar-refractivity contribution is 6.16. The number of hydrogen-bond donors (Lipinski definition) is 1. The van der Waals surface area contributed by atoms with Gasteiger partial charge in [-0.05, 0) is 90.3 Å². The Balaban J connectivity index is 0.00000427. The van der Waals surface area contributed by atoms with E-state index in [4.69, 9.17) is 4.74 Å². The summed E-state index contributed by atoms with van der Waals surface area (Å²) in [6.07, 6.45) is 4.74. The molecule has 1 atom stereocenters. The first kappa shape index (κ1) is 36.1. The van der Waals surface area contributed by atoms with Gasteiger partial charge in [-0.3, -0.25) is 19.4 Å². The van der Waals surface area contributed by atoms with Crippen LogP contribution in [-0.2, 0) is 24.8 Å². The van der Waals surface area contributed by atoms with Crippen molar-refractivity contribution in [2.75, 3.05) is 37.7 Å². The van der Waals surface area contributed by atoms with Crippen LogP contribution >= 0.6 is 12.4 Å². The number of phenols is 1. The molecule has 0 aliphatic carbocycles. The van der Waals surface area contributed by atoms with Crippen molar-refractivity contribution in [3.63, 3.8) is 0 Å². The maximum Gasteiger partial charge on any atom is 0.265 e. The second-order valence-electron chi connectivity index (χ2n) is 14.2. The summed E-state index contributed by atoms with van der Waals surface area (Å²) in [5.41, 5.74) is 8.16. The largest absolute Gasteiger partial charge is 0.508 e. The number of nitrogens with zero attached hydrogens (tertiary/aromatic N) is 5. The summed E-state index contributed by atoms with van der Waals surface area (Å²) in [7, 11) is 2.00. The monoisotopic (exact) mass is 751 g/mol. The molecule has 0 unspecified atom stereocenters. The average molecular weight is 752 g/mol. The van der Waals surface area contributed by atoms with Crippen LogP contribution in [0.15, 0.2) is 134 Å². The predicted molar refractivity (Wildman–Crippen MR) is 219 cm³/mol. The second kappa shape index (κ2) is 15.1. The van der Waals surface area contributed by atoms with Gasteiger partial charge in [0.2, 0.25) is 0 Å². The van der Waals surface area contributed by atoms with Crippen molar-refractivity contribution in [1.82, 2.24) is 18.8 Å². The smallest absolute Gasteiger partial charge is 0.265 e. The Bertz CT molecular complexity index is 2520. The van der Waals surface area contributed by atoms with Gasteiger partial charge >= 0.3 is 0 Å². The lowest BCUT2D eigenvalue weighted by molar-refractivity contribution is 0.0193. The molecule has 5 heterocycles. The van der Waals surface area contributed by atoms with Gasteiger partial charge in [0.15, 0.2) is 0 Å². The summed E-state index contributed by atoms with van der Waals surface area (Å²) in [5, 5.41) is 11.2. The van der Waals surface area contributed by atoms with Crippen LogP contribution in [-0.4, -0.2) is 74.6 Å². The van der Waals surface area contributed by atoms with Crippen molar-refractivity contribution < 1.29 is 19.4 Å². The molecule has 3 aromatic heterocycles. The van der Waals surface area contributed by atoms with E-state index in [2.05, 4.69) is 23.1 Å². The van der Waals surface area contributed by atoms with Crippen molar-refractivity contribution in [3.05, 3.63) is 156 Å². The van der Waals surface area contributed by atoms with Gasteiger partial charge in [-0.1, -0.05) is 48.5 Å². The fourth-order valence-electron chi connectivity index (χ4n) is 8.16. The lowest BCUT2D eigenvalue weighted by atomic mass is 9.92. The molecule has 2 aliphatic heterocycles. The number of aryl methyl sites for hydroxylation is 1. The first-order chi connectivity index (χ1) is 26.4. The van der Waals surface area contributed by atoms with Gasteiger partial charge < -0.3 is 23.7 Å². The normalized spacial score (nSPS) is 15.8. The fraction of sp³-hybridized carbons (Fsp3) is 0.200. The van der Waals surface area contributed by atoms with Gasteiger partial charge in [-0.15, -0.1) is 12.4 Å². The number of phenolic OH excluding ortho intramolecular Hbond substituents is 1. The number of morpholine rings is 1. The number of aromatic hydroxyl groups is 1. The minimum atomic E-state index is -0.229. The zero-order chi connectivity index (χ0) is 36.8. The third-order valence-electron chi connectivity index (χ3n) is 11.0. The van der Waals surface area contributed by atoms with Crippen molar-refractivity contribution in [3.8, 4) is 17.0 Å². The van der Waals surface area contributed by atoms with Gasteiger partial charge in [0.25, 0.3) is 11.8 Å². The maximum absolute atomic E-state index is 15.0. The predicted octanol–water partition coefficient (Wildman–Crippen LogP) is 8.10. The highest BCUT2D eigenvalue weighted by Gasteiger charge is 2.34. The van der Waals surface area contributed by atoms with E-state index in [0.29, 0.717) is 42.3 Å². The van der Waals surface area contributed by atoms with Crippen LogP contribution in [0, 0.1) is 0 Å². The van der Waals surface area contributed by atoms with E-state index in [1.54, 1.807) is 29.2 Å². The number of pyridine rings is 1. The number of ether oxygens (including phenoxy) is 1. The molecule has 9 nitrogen and oxygen atoms in total. The van der Waals surface area contributed by atoms with Crippen molar-refractivity contribution in [2.24, 2.45) is 7.05 Å². The van der Waals surface area contributed by atoms with Crippen LogP contribution in [0.4, 0.5) is 11.4 Å². The van der Waals surface area contributed by atoms with Gasteiger partial charge in [0.05, 0.1) is 30.0 Å². The first-order valence-electron chi connectivity index (χ1n) is 18.5. The van der Waals surface area contributed by atoms with E-state index in [9.17, 15) is 9.90 Å². The number of carbonyl (C=O) groups excluding carboxylic acids is 2. The van der Waals surface area contributed by atoms with Crippen LogP contribution in [0.2, 0.25) is 0 Å². The lowest BCUT2D eigenvalue weighted by Gasteiger charge is -2.40. The average Bonchev–Trinajstić information content (AvgIpc) is 3.79. The SMILES string of the molecule is Cl.Cn1ccc2cc(N(C(=O)c3cc(-c4ccccc4C(=O)N4Cc5ccccc5C[C@H]4CN4CCOCC4)n4ccccc34)c3ccc(O)cc3)ccc21. The molecule has 2 aliphatic rings. The number of hydrogen-bond acceptors (Lipinski definition) is 5. The number of halogens is 1. The Morgan fingerprint density at radius 3 is 2.31 bits per heavy atom. The highest BCUT2D eigenvalue weighted by atomic mass is 35.5. The van der Waals surface area contributed by atoms with Crippen LogP contribution < -0.4 is 4.90 Å². The molecule has 1 fully saturated rings. The third kappa shape index (κ3) is 6.76. The molecule has 0 radical (unpaired) electrons. The van der Waals surface area contributed by atoms with E-state index in [1.807, 2.05) is 112 Å². The molecule has 0 saturated carbocycles. The number of anilines is 2. The van der Waals surface area contributed by atoms with E-state index in [-0.39, 0.29) is 36.0 Å². The summed E-state index contributed by atoms with van der Waals surface area (Å²) in [4.78, 5) is 36.1. The van der Waals surface area contributed by atoms with E-state index in [0.717, 1.165) is 53.7 Å². The Morgan fingerprint density at radius 1 is 0.764 bits per heavy atom. The van der Waals surface area contributed by atoms with Crippen LogP contribution in [0.5, 0.6) is 5.75 Å². The molecule has 4 aromatic carbocycles. The Kier molecular flexibility index (Phi) is 9.92. The van der Waals surface area contributed by atoms with Crippen LogP contribution in [0.25, 0.3) is 27.7 Å². The molecule has 0 bridgehead atoms. The molecule has 1 saturated heterocycles. The number of amides is 2. The standard InChI is InChI=1S/C45H41N5O4.ClH/c1-46-21-19-32-27-35(15-18-41(32)46)50(34-13-16-37(51)17-14-34)45(53)40-28-43(48-20-7-6-12-42(40)48)38-10-4-5-11-39(38)44(52)49-29-33-9-3-2-8-31(33)26-36(49)30-47-22-24-54-25-23-47;/h2-21,27-28,36,51H,22-26,29-30H2,1H3;1H/t36-;/m0./s1.